The Morgan fingerprint density at radius 2 is 2.10 bits per heavy atom. The lowest BCUT2D eigenvalue weighted by molar-refractivity contribution is -0.149. The van der Waals surface area contributed by atoms with Crippen molar-refractivity contribution in [3.05, 3.63) is 29.3 Å². The molecular weight excluding hydrogens is 283 g/mol. The van der Waals surface area contributed by atoms with Gasteiger partial charge in [0, 0.05) is 6.42 Å². The summed E-state index contributed by atoms with van der Waals surface area (Å²) in [6, 6.07) is 5.65. The molecule has 2 unspecified atom stereocenters. The minimum Gasteiger partial charge on any atom is -0.497 e. The van der Waals surface area contributed by atoms with Gasteiger partial charge < -0.3 is 14.8 Å². The highest BCUT2D eigenvalue weighted by atomic mass is 19.4. The highest BCUT2D eigenvalue weighted by Crippen LogP contribution is 2.36. The van der Waals surface area contributed by atoms with Gasteiger partial charge in [0.25, 0.3) is 0 Å². The van der Waals surface area contributed by atoms with Crippen molar-refractivity contribution in [2.24, 2.45) is 0 Å². The molecule has 1 aliphatic carbocycles. The molecule has 0 spiro atoms. The maximum atomic E-state index is 12.2. The van der Waals surface area contributed by atoms with Crippen LogP contribution in [-0.4, -0.2) is 32.5 Å². The van der Waals surface area contributed by atoms with E-state index in [4.69, 9.17) is 9.47 Å². The molecule has 118 valence electrons. The van der Waals surface area contributed by atoms with Gasteiger partial charge in [-0.1, -0.05) is 13.0 Å². The summed E-state index contributed by atoms with van der Waals surface area (Å²) >= 11 is 0. The molecule has 21 heavy (non-hydrogen) atoms. The SMILES string of the molecule is CCNC1c2cc(OC)ccc2CC1OCCC(F)(F)F. The molecule has 0 aromatic heterocycles. The number of hydrogen-bond acceptors (Lipinski definition) is 3. The molecule has 0 saturated carbocycles. The van der Waals surface area contributed by atoms with E-state index in [1.807, 2.05) is 25.1 Å². The topological polar surface area (TPSA) is 30.5 Å². The van der Waals surface area contributed by atoms with Gasteiger partial charge in [-0.05, 0) is 29.8 Å². The van der Waals surface area contributed by atoms with Crippen LogP contribution in [0.1, 0.15) is 30.5 Å². The first-order valence-electron chi connectivity index (χ1n) is 7.03. The van der Waals surface area contributed by atoms with Crippen LogP contribution in [0.25, 0.3) is 0 Å². The number of hydrogen-bond donors (Lipinski definition) is 1. The van der Waals surface area contributed by atoms with Crippen LogP contribution in [0.4, 0.5) is 13.2 Å². The second-order valence-corrected chi connectivity index (χ2v) is 5.08. The summed E-state index contributed by atoms with van der Waals surface area (Å²) < 4.78 is 47.4. The molecule has 2 rings (SSSR count). The van der Waals surface area contributed by atoms with Crippen LogP contribution < -0.4 is 10.1 Å². The van der Waals surface area contributed by atoms with Crippen molar-refractivity contribution >= 4 is 0 Å². The normalized spacial score (nSPS) is 21.4. The quantitative estimate of drug-likeness (QED) is 0.875. The number of halogens is 3. The predicted molar refractivity (Wildman–Crippen MR) is 73.5 cm³/mol. The van der Waals surface area contributed by atoms with E-state index in [-0.39, 0.29) is 18.8 Å². The molecule has 0 heterocycles. The average molecular weight is 303 g/mol. The lowest BCUT2D eigenvalue weighted by Gasteiger charge is -2.22. The van der Waals surface area contributed by atoms with Gasteiger partial charge >= 0.3 is 6.18 Å². The molecule has 1 aliphatic rings. The van der Waals surface area contributed by atoms with E-state index in [2.05, 4.69) is 5.32 Å². The molecule has 0 bridgehead atoms. The van der Waals surface area contributed by atoms with E-state index in [1.165, 1.54) is 0 Å². The van der Waals surface area contributed by atoms with Crippen LogP contribution in [0.5, 0.6) is 5.75 Å². The number of fused-ring (bicyclic) bond motifs is 1. The predicted octanol–water partition coefficient (Wildman–Crippen LogP) is 3.24. The molecule has 1 aromatic rings. The van der Waals surface area contributed by atoms with Crippen molar-refractivity contribution in [2.45, 2.75) is 38.1 Å². The van der Waals surface area contributed by atoms with E-state index in [9.17, 15) is 13.2 Å². The summed E-state index contributed by atoms with van der Waals surface area (Å²) in [6.07, 6.45) is -4.74. The van der Waals surface area contributed by atoms with Crippen molar-refractivity contribution < 1.29 is 22.6 Å². The van der Waals surface area contributed by atoms with E-state index < -0.39 is 12.6 Å². The first-order valence-corrected chi connectivity index (χ1v) is 7.03. The molecule has 0 fully saturated rings. The third-order valence-corrected chi connectivity index (χ3v) is 3.62. The third-order valence-electron chi connectivity index (χ3n) is 3.62. The summed E-state index contributed by atoms with van der Waals surface area (Å²) in [6.45, 7) is 2.38. The number of nitrogens with one attached hydrogen (secondary N) is 1. The molecule has 1 aromatic carbocycles. The fourth-order valence-electron chi connectivity index (χ4n) is 2.65. The zero-order valence-electron chi connectivity index (χ0n) is 12.2. The lowest BCUT2D eigenvalue weighted by atomic mass is 10.1. The van der Waals surface area contributed by atoms with Crippen LogP contribution in [0.15, 0.2) is 18.2 Å². The second-order valence-electron chi connectivity index (χ2n) is 5.08. The smallest absolute Gasteiger partial charge is 0.391 e. The fraction of sp³-hybridized carbons (Fsp3) is 0.600. The molecule has 0 saturated heterocycles. The van der Waals surface area contributed by atoms with Crippen molar-refractivity contribution in [1.29, 1.82) is 0 Å². The summed E-state index contributed by atoms with van der Waals surface area (Å²) in [7, 11) is 1.59. The monoisotopic (exact) mass is 303 g/mol. The zero-order chi connectivity index (χ0) is 15.5. The standard InChI is InChI=1S/C15H20F3NO2/c1-3-19-14-12-9-11(20-2)5-4-10(12)8-13(14)21-7-6-15(16,17)18/h4-5,9,13-14,19H,3,6-8H2,1-2H3. The van der Waals surface area contributed by atoms with Crippen LogP contribution >= 0.6 is 0 Å². The Labute approximate surface area is 122 Å². The average Bonchev–Trinajstić information content (AvgIpc) is 2.75. The van der Waals surface area contributed by atoms with E-state index in [0.29, 0.717) is 6.42 Å². The maximum Gasteiger partial charge on any atom is 0.391 e. The Morgan fingerprint density at radius 3 is 2.71 bits per heavy atom. The van der Waals surface area contributed by atoms with Crippen LogP contribution in [0.2, 0.25) is 0 Å². The van der Waals surface area contributed by atoms with E-state index in [0.717, 1.165) is 23.4 Å². The van der Waals surface area contributed by atoms with Crippen LogP contribution in [-0.2, 0) is 11.2 Å². The number of likely N-dealkylation sites (N-methyl/N-ethyl adjacent to an activating group) is 1. The Bertz CT molecular complexity index is 476. The minimum absolute atomic E-state index is 0.0895. The van der Waals surface area contributed by atoms with Crippen molar-refractivity contribution in [2.75, 3.05) is 20.3 Å². The highest BCUT2D eigenvalue weighted by Gasteiger charge is 2.34. The molecule has 0 aliphatic heterocycles. The molecular formula is C15H20F3NO2. The Kier molecular flexibility index (Phi) is 5.11. The number of alkyl halides is 3. The number of rotatable bonds is 6. The first-order chi connectivity index (χ1) is 9.94. The van der Waals surface area contributed by atoms with Crippen molar-refractivity contribution in [3.63, 3.8) is 0 Å². The van der Waals surface area contributed by atoms with Gasteiger partial charge in [0.1, 0.15) is 5.75 Å². The van der Waals surface area contributed by atoms with Crippen molar-refractivity contribution in [1.82, 2.24) is 5.32 Å². The Hall–Kier alpha value is -1.27. The van der Waals surface area contributed by atoms with E-state index in [1.54, 1.807) is 7.11 Å². The number of benzene rings is 1. The second kappa shape index (κ2) is 6.66. The maximum absolute atomic E-state index is 12.2. The first kappa shape index (κ1) is 16.1. The van der Waals surface area contributed by atoms with Crippen molar-refractivity contribution in [3.8, 4) is 5.75 Å². The van der Waals surface area contributed by atoms with Crippen LogP contribution in [0.3, 0.4) is 0 Å². The molecule has 2 atom stereocenters. The lowest BCUT2D eigenvalue weighted by Crippen LogP contribution is -2.31. The largest absolute Gasteiger partial charge is 0.497 e. The van der Waals surface area contributed by atoms with Gasteiger partial charge in [0.05, 0.1) is 32.3 Å². The van der Waals surface area contributed by atoms with Gasteiger partial charge in [-0.15, -0.1) is 0 Å². The Balaban J connectivity index is 2.06. The minimum atomic E-state index is -4.18. The fourth-order valence-corrected chi connectivity index (χ4v) is 2.65. The highest BCUT2D eigenvalue weighted by molar-refractivity contribution is 5.42. The number of methoxy groups -OCH3 is 1. The van der Waals surface area contributed by atoms with Gasteiger partial charge in [-0.3, -0.25) is 0 Å². The molecule has 0 radical (unpaired) electrons. The molecule has 6 heteroatoms. The summed E-state index contributed by atoms with van der Waals surface area (Å²) in [4.78, 5) is 0. The summed E-state index contributed by atoms with van der Waals surface area (Å²) in [5, 5.41) is 3.29. The summed E-state index contributed by atoms with van der Waals surface area (Å²) in [5.41, 5.74) is 2.15. The van der Waals surface area contributed by atoms with E-state index >= 15 is 0 Å². The van der Waals surface area contributed by atoms with Crippen LogP contribution in [0, 0.1) is 0 Å². The summed E-state index contributed by atoms with van der Waals surface area (Å²) in [5.74, 6) is 0.743. The molecule has 1 N–H and O–H groups in total. The molecule has 3 nitrogen and oxygen atoms in total. The van der Waals surface area contributed by atoms with Gasteiger partial charge in [0.15, 0.2) is 0 Å². The zero-order valence-corrected chi connectivity index (χ0v) is 12.2. The molecule has 0 amide bonds. The third kappa shape index (κ3) is 4.11. The number of ether oxygens (including phenoxy) is 2. The van der Waals surface area contributed by atoms with Gasteiger partial charge in [-0.25, -0.2) is 0 Å². The van der Waals surface area contributed by atoms with Gasteiger partial charge in [-0.2, -0.15) is 13.2 Å². The Morgan fingerprint density at radius 1 is 1.33 bits per heavy atom. The van der Waals surface area contributed by atoms with Gasteiger partial charge in [0.2, 0.25) is 0 Å².